The lowest BCUT2D eigenvalue weighted by Gasteiger charge is -2.51. The minimum atomic E-state index is -1.58. The van der Waals surface area contributed by atoms with Crippen LogP contribution in [0.1, 0.15) is 36.8 Å². The summed E-state index contributed by atoms with van der Waals surface area (Å²) in [5.74, 6) is -5.82. The molecule has 2 saturated heterocycles. The summed E-state index contributed by atoms with van der Waals surface area (Å²) in [7, 11) is 0. The zero-order valence-corrected chi connectivity index (χ0v) is 26.7. The van der Waals surface area contributed by atoms with Gasteiger partial charge in [0.05, 0.1) is 28.9 Å². The lowest BCUT2D eigenvalue weighted by Crippen LogP contribution is -2.53. The molecule has 0 unspecified atom stereocenters. The van der Waals surface area contributed by atoms with Crippen LogP contribution < -0.4 is 5.43 Å². The van der Waals surface area contributed by atoms with Gasteiger partial charge in [-0.05, 0) is 84.5 Å². The fourth-order valence-corrected chi connectivity index (χ4v) is 9.06. The first-order valence-electron chi connectivity index (χ1n) is 16.1. The highest BCUT2D eigenvalue weighted by Gasteiger charge is 2.70. The van der Waals surface area contributed by atoms with Crippen LogP contribution in [0.25, 0.3) is 10.8 Å². The van der Waals surface area contributed by atoms with Crippen LogP contribution >= 0.6 is 11.6 Å². The second kappa shape index (κ2) is 11.0. The molecule has 4 aliphatic rings. The van der Waals surface area contributed by atoms with Crippen molar-refractivity contribution in [2.75, 3.05) is 12.0 Å². The van der Waals surface area contributed by atoms with Crippen LogP contribution in [0.4, 0.5) is 10.1 Å². The highest BCUT2D eigenvalue weighted by Crippen LogP contribution is 2.65. The predicted octanol–water partition coefficient (Wildman–Crippen LogP) is 6.34. The van der Waals surface area contributed by atoms with Gasteiger partial charge in [-0.3, -0.25) is 29.5 Å². The van der Waals surface area contributed by atoms with Crippen molar-refractivity contribution in [3.63, 3.8) is 0 Å². The van der Waals surface area contributed by atoms with Gasteiger partial charge in [-0.1, -0.05) is 65.7 Å². The van der Waals surface area contributed by atoms with E-state index >= 15 is 4.79 Å². The number of anilines is 1. The van der Waals surface area contributed by atoms with E-state index in [-0.39, 0.29) is 30.5 Å². The van der Waals surface area contributed by atoms with Crippen molar-refractivity contribution in [1.29, 1.82) is 0 Å². The number of benzene rings is 4. The predicted molar refractivity (Wildman–Crippen MR) is 177 cm³/mol. The number of carbonyl (C=O) groups excluding carboxylic acids is 4. The third kappa shape index (κ3) is 4.13. The molecule has 8 rings (SSSR count). The van der Waals surface area contributed by atoms with Gasteiger partial charge in [0, 0.05) is 23.0 Å². The van der Waals surface area contributed by atoms with Crippen LogP contribution in [-0.4, -0.2) is 45.2 Å². The van der Waals surface area contributed by atoms with Gasteiger partial charge in [0.2, 0.25) is 11.8 Å². The largest absolute Gasteiger partial charge is 0.508 e. The molecule has 0 radical (unpaired) electrons. The van der Waals surface area contributed by atoms with Crippen molar-refractivity contribution in [2.24, 2.45) is 23.7 Å². The quantitative estimate of drug-likeness (QED) is 0.191. The zero-order chi connectivity index (χ0) is 33.5. The third-order valence-electron chi connectivity index (χ3n) is 10.9. The smallest absolute Gasteiger partial charge is 0.260 e. The molecule has 3 fully saturated rings. The van der Waals surface area contributed by atoms with E-state index < -0.39 is 52.6 Å². The van der Waals surface area contributed by atoms with E-state index in [1.165, 1.54) is 29.2 Å². The molecule has 1 saturated carbocycles. The zero-order valence-electron chi connectivity index (χ0n) is 25.9. The topological polar surface area (TPSA) is 107 Å². The fourth-order valence-electron chi connectivity index (χ4n) is 8.93. The van der Waals surface area contributed by atoms with Crippen LogP contribution in [0.5, 0.6) is 5.75 Å². The van der Waals surface area contributed by atoms with E-state index in [4.69, 9.17) is 11.6 Å². The number of allylic oxidation sites excluding steroid dienone is 2. The Balaban J connectivity index is 1.42. The summed E-state index contributed by atoms with van der Waals surface area (Å²) in [6.45, 7) is 2.01. The number of amides is 4. The number of halogens is 2. The van der Waals surface area contributed by atoms with E-state index in [1.807, 2.05) is 30.3 Å². The number of phenolic OH excluding ortho intramolecular Hbond substituents is 1. The van der Waals surface area contributed by atoms with Gasteiger partial charge in [-0.2, -0.15) is 5.01 Å². The molecule has 242 valence electrons. The molecule has 0 spiro atoms. The van der Waals surface area contributed by atoms with E-state index in [2.05, 4.69) is 5.43 Å². The summed E-state index contributed by atoms with van der Waals surface area (Å²) >= 11 is 6.36. The van der Waals surface area contributed by atoms with Gasteiger partial charge in [0.1, 0.15) is 11.6 Å². The van der Waals surface area contributed by atoms with Gasteiger partial charge in [-0.25, -0.2) is 4.39 Å². The summed E-state index contributed by atoms with van der Waals surface area (Å²) in [6.07, 6.45) is 2.38. The number of likely N-dealkylation sites (tertiary alicyclic amines) is 1. The van der Waals surface area contributed by atoms with Crippen LogP contribution in [0.2, 0.25) is 5.02 Å². The number of imide groups is 2. The highest BCUT2D eigenvalue weighted by atomic mass is 35.5. The Kier molecular flexibility index (Phi) is 6.96. The van der Waals surface area contributed by atoms with Crippen molar-refractivity contribution in [3.05, 3.63) is 119 Å². The minimum absolute atomic E-state index is 0.0522. The average Bonchev–Trinajstić information content (AvgIpc) is 3.46. The van der Waals surface area contributed by atoms with Gasteiger partial charge in [-0.15, -0.1) is 0 Å². The lowest BCUT2D eigenvalue weighted by molar-refractivity contribution is -0.141. The van der Waals surface area contributed by atoms with E-state index in [9.17, 15) is 23.9 Å². The number of rotatable bonds is 5. The van der Waals surface area contributed by atoms with Crippen LogP contribution in [0.15, 0.2) is 96.6 Å². The summed E-state index contributed by atoms with van der Waals surface area (Å²) in [6, 6.07) is 23.1. The molecule has 6 atom stereocenters. The monoisotopic (exact) mass is 663 g/mol. The summed E-state index contributed by atoms with van der Waals surface area (Å²) in [4.78, 5) is 58.6. The normalized spacial score (nSPS) is 28.0. The molecule has 8 nitrogen and oxygen atoms in total. The molecular formula is C38H31ClFN3O5. The van der Waals surface area contributed by atoms with Gasteiger partial charge in [0.25, 0.3) is 11.8 Å². The number of hydrogen-bond acceptors (Lipinski definition) is 6. The van der Waals surface area contributed by atoms with Gasteiger partial charge < -0.3 is 5.11 Å². The Morgan fingerprint density at radius 3 is 2.35 bits per heavy atom. The van der Waals surface area contributed by atoms with Crippen molar-refractivity contribution in [3.8, 4) is 5.75 Å². The molecule has 4 aromatic rings. The Bertz CT molecular complexity index is 2070. The summed E-state index contributed by atoms with van der Waals surface area (Å²) in [5.41, 5.74) is 3.44. The van der Waals surface area contributed by atoms with Crippen molar-refractivity contribution >= 4 is 51.7 Å². The highest BCUT2D eigenvalue weighted by molar-refractivity contribution is 6.30. The number of nitrogens with zero attached hydrogens (tertiary/aromatic N) is 2. The second-order valence-electron chi connectivity index (χ2n) is 13.0. The number of fused-ring (bicyclic) bond motifs is 5. The standard InChI is InChI=1S/C38H31ClFN3O5/c1-2-42-34(45)27-17-16-26-28(31(27)36(42)47)19-29-35(46)43(41-24-14-12-23(40)13-15-24)37(48)38(29,21-8-10-22(39)11-9-21)33(26)32-25-6-4-3-5-20(25)7-18-30(32)44/h3-16,18,27-29,31,33,41,44H,2,17,19H2,1H3/t27-,28+,29-,31-,33+,38+/m0/s1. The Labute approximate surface area is 280 Å². The Morgan fingerprint density at radius 1 is 0.896 bits per heavy atom. The van der Waals surface area contributed by atoms with E-state index in [0.29, 0.717) is 33.6 Å². The maximum Gasteiger partial charge on any atom is 0.260 e. The molecule has 0 bridgehead atoms. The fraction of sp³-hybridized carbons (Fsp3) is 0.263. The molecule has 2 aliphatic heterocycles. The number of nitrogens with one attached hydrogen (secondary N) is 1. The van der Waals surface area contributed by atoms with E-state index in [0.717, 1.165) is 16.0 Å². The summed E-state index contributed by atoms with van der Waals surface area (Å²) < 4.78 is 13.8. The third-order valence-corrected chi connectivity index (χ3v) is 11.2. The number of phenols is 1. The van der Waals surface area contributed by atoms with Crippen LogP contribution in [0, 0.1) is 29.5 Å². The van der Waals surface area contributed by atoms with Gasteiger partial charge >= 0.3 is 0 Å². The first kappa shape index (κ1) is 30.3. The lowest BCUT2D eigenvalue weighted by atomic mass is 9.48. The first-order chi connectivity index (χ1) is 23.2. The second-order valence-corrected chi connectivity index (χ2v) is 13.4. The molecule has 2 N–H and O–H groups in total. The Morgan fingerprint density at radius 2 is 1.62 bits per heavy atom. The molecule has 48 heavy (non-hydrogen) atoms. The minimum Gasteiger partial charge on any atom is -0.508 e. The molecule has 10 heteroatoms. The number of hydrogen-bond donors (Lipinski definition) is 2. The molecule has 0 aromatic heterocycles. The van der Waals surface area contributed by atoms with Crippen molar-refractivity contribution in [2.45, 2.75) is 31.1 Å². The van der Waals surface area contributed by atoms with E-state index in [1.54, 1.807) is 43.3 Å². The molecule has 2 aliphatic carbocycles. The SMILES string of the molecule is CCN1C(=O)[C@H]2[C@H](CC=C3[C@H]2C[C@H]2C(=O)N(Nc4ccc(F)cc4)C(=O)[C@@]2(c2ccc(Cl)cc2)[C@H]3c2c(O)ccc3ccccc23)C1=O. The molecule has 4 aromatic carbocycles. The molecule has 4 amide bonds. The Hall–Kier alpha value is -5.02. The van der Waals surface area contributed by atoms with Crippen LogP contribution in [-0.2, 0) is 24.6 Å². The maximum atomic E-state index is 15.3. The van der Waals surface area contributed by atoms with Crippen molar-refractivity contribution in [1.82, 2.24) is 9.91 Å². The molecular weight excluding hydrogens is 633 g/mol. The number of carbonyl (C=O) groups is 4. The van der Waals surface area contributed by atoms with Crippen LogP contribution in [0.3, 0.4) is 0 Å². The average molecular weight is 664 g/mol. The van der Waals surface area contributed by atoms with Crippen molar-refractivity contribution < 1.29 is 28.7 Å². The summed E-state index contributed by atoms with van der Waals surface area (Å²) in [5, 5.41) is 14.7. The number of hydrazine groups is 1. The first-order valence-corrected chi connectivity index (χ1v) is 16.5. The number of aromatic hydroxyl groups is 1. The molecule has 2 heterocycles. The van der Waals surface area contributed by atoms with Gasteiger partial charge in [0.15, 0.2) is 0 Å². The maximum absolute atomic E-state index is 15.3.